The topological polar surface area (TPSA) is 186 Å². The number of rotatable bonds is 14. The van der Waals surface area contributed by atoms with Gasteiger partial charge in [0.05, 0.1) is 41.7 Å². The van der Waals surface area contributed by atoms with E-state index in [1.165, 1.54) is 29.6 Å². The molecule has 0 bridgehead atoms. The highest BCUT2D eigenvalue weighted by Gasteiger charge is 2.36. The van der Waals surface area contributed by atoms with Crippen LogP contribution in [0.15, 0.2) is 53.4 Å². The number of methoxy groups -OCH3 is 1. The minimum Gasteiger partial charge on any atom is -0.453 e. The number of hydrogen-bond acceptors (Lipinski definition) is 9. The number of aromatic nitrogens is 2. The van der Waals surface area contributed by atoms with Crippen molar-refractivity contribution in [1.82, 2.24) is 30.0 Å². The van der Waals surface area contributed by atoms with Crippen molar-refractivity contribution >= 4 is 44.9 Å². The number of likely N-dealkylation sites (N-methyl/N-ethyl adjacent to an activating group) is 1. The predicted octanol–water partition coefficient (Wildman–Crippen LogP) is 2.88. The minimum atomic E-state index is -4.20. The van der Waals surface area contributed by atoms with Gasteiger partial charge < -0.3 is 20.1 Å². The van der Waals surface area contributed by atoms with Crippen molar-refractivity contribution in [3.05, 3.63) is 54.1 Å². The number of hydrazine groups is 1. The largest absolute Gasteiger partial charge is 0.453 e. The van der Waals surface area contributed by atoms with Crippen molar-refractivity contribution in [1.29, 1.82) is 0 Å². The third-order valence-corrected chi connectivity index (χ3v) is 8.88. The molecule has 1 aromatic heterocycles. The van der Waals surface area contributed by atoms with Crippen LogP contribution in [0.4, 0.5) is 10.7 Å². The van der Waals surface area contributed by atoms with Gasteiger partial charge in [0.15, 0.2) is 0 Å². The van der Waals surface area contributed by atoms with Gasteiger partial charge in [-0.25, -0.2) is 23.2 Å². The average Bonchev–Trinajstić information content (AvgIpc) is 3.39. The second-order valence-electron chi connectivity index (χ2n) is 13.0. The minimum absolute atomic E-state index is 0.0627. The molecule has 2 atom stereocenters. The van der Waals surface area contributed by atoms with Gasteiger partial charge in [-0.05, 0) is 48.6 Å². The van der Waals surface area contributed by atoms with E-state index in [1.54, 1.807) is 7.05 Å². The Morgan fingerprint density at radius 3 is 2.34 bits per heavy atom. The van der Waals surface area contributed by atoms with Crippen LogP contribution in [-0.4, -0.2) is 96.7 Å². The second kappa shape index (κ2) is 16.2. The second-order valence-corrected chi connectivity index (χ2v) is 14.9. The number of carbonyl (C=O) groups is 3. The molecule has 1 heterocycles. The van der Waals surface area contributed by atoms with Crippen LogP contribution in [0.25, 0.3) is 11.0 Å². The molecule has 3 aromatic rings. The maximum absolute atomic E-state index is 14.1. The zero-order valence-corrected chi connectivity index (χ0v) is 28.8. The van der Waals surface area contributed by atoms with E-state index >= 15 is 0 Å². The fourth-order valence-corrected chi connectivity index (χ4v) is 6.64. The molecule has 0 radical (unpaired) electrons. The highest BCUT2D eigenvalue weighted by molar-refractivity contribution is 7.89. The average molecular weight is 674 g/mol. The molecule has 15 heteroatoms. The Balaban J connectivity index is 2.01. The summed E-state index contributed by atoms with van der Waals surface area (Å²) in [6.45, 7) is 8.97. The fourth-order valence-electron chi connectivity index (χ4n) is 4.99. The molecular weight excluding hydrogens is 626 g/mol. The third kappa shape index (κ3) is 10.7. The summed E-state index contributed by atoms with van der Waals surface area (Å²) in [4.78, 5) is 45.2. The zero-order chi connectivity index (χ0) is 34.9. The molecule has 5 N–H and O–H groups in total. The van der Waals surface area contributed by atoms with Gasteiger partial charge >= 0.3 is 6.09 Å². The highest BCUT2D eigenvalue weighted by Crippen LogP contribution is 2.25. The Hall–Kier alpha value is -4.05. The molecule has 0 aliphatic heterocycles. The van der Waals surface area contributed by atoms with Crippen LogP contribution >= 0.6 is 0 Å². The Morgan fingerprint density at radius 1 is 1.06 bits per heavy atom. The lowest BCUT2D eigenvalue weighted by molar-refractivity contribution is -0.147. The summed E-state index contributed by atoms with van der Waals surface area (Å²) in [7, 11) is -1.40. The van der Waals surface area contributed by atoms with Crippen molar-refractivity contribution in [2.45, 2.75) is 64.5 Å². The van der Waals surface area contributed by atoms with E-state index in [9.17, 15) is 27.9 Å². The smallest absolute Gasteiger partial charge is 0.413 e. The van der Waals surface area contributed by atoms with Gasteiger partial charge in [-0.2, -0.15) is 4.31 Å². The first-order chi connectivity index (χ1) is 22.0. The van der Waals surface area contributed by atoms with E-state index in [1.807, 2.05) is 65.0 Å². The van der Waals surface area contributed by atoms with Crippen LogP contribution in [0, 0.1) is 11.3 Å². The lowest BCUT2D eigenvalue weighted by Gasteiger charge is -2.37. The fraction of sp³-hybridized carbons (Fsp3) is 0.500. The number of ether oxygens (including phenoxy) is 1. The molecule has 2 aromatic carbocycles. The van der Waals surface area contributed by atoms with Crippen LogP contribution in [0.1, 0.15) is 46.6 Å². The number of fused-ring (bicyclic) bond motifs is 1. The highest BCUT2D eigenvalue weighted by atomic mass is 32.2. The van der Waals surface area contributed by atoms with Crippen LogP contribution < -0.4 is 16.1 Å². The molecule has 47 heavy (non-hydrogen) atoms. The van der Waals surface area contributed by atoms with Gasteiger partial charge in [0.25, 0.3) is 5.91 Å². The molecule has 0 aliphatic carbocycles. The summed E-state index contributed by atoms with van der Waals surface area (Å²) in [5.74, 6) is -0.939. The van der Waals surface area contributed by atoms with Gasteiger partial charge in [0.2, 0.25) is 21.9 Å². The molecule has 0 spiro atoms. The van der Waals surface area contributed by atoms with E-state index in [4.69, 9.17) is 0 Å². The number of hydrogen-bond donors (Lipinski definition) is 5. The number of benzene rings is 2. The van der Waals surface area contributed by atoms with Gasteiger partial charge in [0, 0.05) is 19.5 Å². The Bertz CT molecular complexity index is 1620. The first-order valence-corrected chi connectivity index (χ1v) is 16.8. The Morgan fingerprint density at radius 2 is 1.74 bits per heavy atom. The summed E-state index contributed by atoms with van der Waals surface area (Å²) >= 11 is 0. The number of imidazole rings is 1. The van der Waals surface area contributed by atoms with E-state index in [0.717, 1.165) is 10.6 Å². The third-order valence-electron chi connectivity index (χ3n) is 7.05. The normalized spacial score (nSPS) is 13.4. The first kappa shape index (κ1) is 37.4. The van der Waals surface area contributed by atoms with Gasteiger partial charge in [-0.15, -0.1) is 0 Å². The summed E-state index contributed by atoms with van der Waals surface area (Å²) < 4.78 is 34.0. The maximum Gasteiger partial charge on any atom is 0.413 e. The molecular formula is C32H47N7O7S. The standard InChI is InChI=1S/C32H47N7O7S/c1-21(2)19-38(47(44,45)23-13-14-24-25(16-23)35-30(34-24)36-31(43)46-7)20-27(40)26(15-22-11-9-8-10-12-22)39(29(42)18-33-6)37-28(41)17-32(3,4)5/h8-14,16,21,26-27,33,40H,15,17-20H2,1-7H3,(H,37,41)(H2,34,35,36,43)/t26-,27-/m0/s1. The monoisotopic (exact) mass is 673 g/mol. The van der Waals surface area contributed by atoms with Crippen molar-refractivity contribution in [3.8, 4) is 0 Å². The number of H-pyrrole nitrogens is 1. The Labute approximate surface area is 276 Å². The molecule has 3 rings (SSSR count). The van der Waals surface area contributed by atoms with Crippen LogP contribution in [0.2, 0.25) is 0 Å². The molecule has 0 saturated carbocycles. The van der Waals surface area contributed by atoms with Crippen molar-refractivity contribution in [2.24, 2.45) is 11.3 Å². The van der Waals surface area contributed by atoms with E-state index in [0.29, 0.717) is 11.0 Å². The lowest BCUT2D eigenvalue weighted by Crippen LogP contribution is -2.60. The number of sulfonamides is 1. The van der Waals surface area contributed by atoms with Gasteiger partial charge in [-0.1, -0.05) is 65.0 Å². The quantitative estimate of drug-likeness (QED) is 0.161. The maximum atomic E-state index is 14.1. The van der Waals surface area contributed by atoms with E-state index in [-0.39, 0.29) is 54.7 Å². The number of aliphatic hydroxyl groups is 1. The molecule has 0 aliphatic rings. The number of carbonyl (C=O) groups excluding carboxylic acids is 3. The number of aliphatic hydroxyl groups excluding tert-OH is 1. The molecule has 14 nitrogen and oxygen atoms in total. The number of anilines is 1. The van der Waals surface area contributed by atoms with Crippen LogP contribution in [0.3, 0.4) is 0 Å². The molecule has 0 unspecified atom stereocenters. The van der Waals surface area contributed by atoms with Crippen LogP contribution in [0.5, 0.6) is 0 Å². The SMILES string of the molecule is CNCC(=O)N(NC(=O)CC(C)(C)C)[C@@H](Cc1ccccc1)[C@@H](O)CN(CC(C)C)S(=O)(=O)c1ccc2nc(NC(=O)OC)[nH]c2c1. The number of nitrogens with one attached hydrogen (secondary N) is 4. The number of amides is 3. The number of aromatic amines is 1. The van der Waals surface area contributed by atoms with E-state index in [2.05, 4.69) is 30.8 Å². The van der Waals surface area contributed by atoms with E-state index < -0.39 is 40.1 Å². The predicted molar refractivity (Wildman–Crippen MR) is 179 cm³/mol. The van der Waals surface area contributed by atoms with Gasteiger partial charge in [-0.3, -0.25) is 20.3 Å². The molecule has 258 valence electrons. The van der Waals surface area contributed by atoms with Crippen molar-refractivity contribution in [2.75, 3.05) is 39.1 Å². The molecule has 0 saturated heterocycles. The van der Waals surface area contributed by atoms with Crippen LogP contribution in [-0.2, 0) is 30.8 Å². The van der Waals surface area contributed by atoms with Crippen molar-refractivity contribution in [3.63, 3.8) is 0 Å². The molecule has 0 fully saturated rings. The van der Waals surface area contributed by atoms with Gasteiger partial charge in [0.1, 0.15) is 0 Å². The summed E-state index contributed by atoms with van der Waals surface area (Å²) in [5, 5.41) is 18.2. The zero-order valence-electron chi connectivity index (χ0n) is 28.0. The van der Waals surface area contributed by atoms with Crippen molar-refractivity contribution < 1.29 is 32.6 Å². The number of nitrogens with zero attached hydrogens (tertiary/aromatic N) is 3. The summed E-state index contributed by atoms with van der Waals surface area (Å²) in [5.41, 5.74) is 3.89. The lowest BCUT2D eigenvalue weighted by atomic mass is 9.92. The molecule has 3 amide bonds. The first-order valence-electron chi connectivity index (χ1n) is 15.4. The summed E-state index contributed by atoms with van der Waals surface area (Å²) in [6, 6.07) is 12.4. The summed E-state index contributed by atoms with van der Waals surface area (Å²) in [6.07, 6.45) is -1.90. The Kier molecular flexibility index (Phi) is 12.9.